The lowest BCUT2D eigenvalue weighted by Crippen LogP contribution is -2.28. The van der Waals surface area contributed by atoms with Gasteiger partial charge >= 0.3 is 6.09 Å². The van der Waals surface area contributed by atoms with Gasteiger partial charge in [0.1, 0.15) is 11.4 Å². The second kappa shape index (κ2) is 6.35. The molecular formula is C16H25NO4. The van der Waals surface area contributed by atoms with Crippen molar-refractivity contribution in [2.75, 3.05) is 11.9 Å². The Balaban J connectivity index is 2.94. The molecule has 1 aromatic carbocycles. The first kappa shape index (κ1) is 17.3. The topological polar surface area (TPSA) is 78.8 Å². The van der Waals surface area contributed by atoms with E-state index < -0.39 is 11.7 Å². The molecule has 21 heavy (non-hydrogen) atoms. The molecule has 0 radical (unpaired) electrons. The zero-order valence-electron chi connectivity index (χ0n) is 13.4. The summed E-state index contributed by atoms with van der Waals surface area (Å²) in [6.45, 7) is 9.20. The first-order valence-electron chi connectivity index (χ1n) is 6.95. The zero-order chi connectivity index (χ0) is 16.3. The molecule has 0 unspecified atom stereocenters. The van der Waals surface area contributed by atoms with Crippen molar-refractivity contribution in [1.29, 1.82) is 0 Å². The second-order valence-corrected chi connectivity index (χ2v) is 6.97. The van der Waals surface area contributed by atoms with Crippen LogP contribution in [0.3, 0.4) is 0 Å². The van der Waals surface area contributed by atoms with Gasteiger partial charge in [-0.1, -0.05) is 13.8 Å². The SMILES string of the molecule is CC(C)(CO)Cc1cc(O)ccc1NC(=O)OC(C)(C)C. The van der Waals surface area contributed by atoms with Gasteiger partial charge in [-0.3, -0.25) is 5.32 Å². The number of rotatable bonds is 4. The van der Waals surface area contributed by atoms with E-state index in [-0.39, 0.29) is 17.8 Å². The number of carbonyl (C=O) groups excluding carboxylic acids is 1. The maximum atomic E-state index is 11.9. The Morgan fingerprint density at radius 1 is 1.24 bits per heavy atom. The summed E-state index contributed by atoms with van der Waals surface area (Å²) < 4.78 is 5.22. The smallest absolute Gasteiger partial charge is 0.412 e. The van der Waals surface area contributed by atoms with Gasteiger partial charge < -0.3 is 14.9 Å². The summed E-state index contributed by atoms with van der Waals surface area (Å²) in [5.41, 5.74) is 0.396. The van der Waals surface area contributed by atoms with Crippen LogP contribution in [-0.2, 0) is 11.2 Å². The number of nitrogens with one attached hydrogen (secondary N) is 1. The lowest BCUT2D eigenvalue weighted by molar-refractivity contribution is 0.0635. The minimum atomic E-state index is -0.578. The first-order valence-corrected chi connectivity index (χ1v) is 6.95. The number of aromatic hydroxyl groups is 1. The minimum absolute atomic E-state index is 0.00847. The normalized spacial score (nSPS) is 12.1. The zero-order valence-corrected chi connectivity index (χ0v) is 13.4. The summed E-state index contributed by atoms with van der Waals surface area (Å²) in [7, 11) is 0. The Labute approximate surface area is 125 Å². The fraction of sp³-hybridized carbons (Fsp3) is 0.562. The highest BCUT2D eigenvalue weighted by Gasteiger charge is 2.21. The van der Waals surface area contributed by atoms with Gasteiger partial charge in [0.25, 0.3) is 0 Å². The van der Waals surface area contributed by atoms with Gasteiger partial charge in [0.2, 0.25) is 0 Å². The molecule has 0 atom stereocenters. The van der Waals surface area contributed by atoms with E-state index in [4.69, 9.17) is 4.74 Å². The number of hydrogen-bond donors (Lipinski definition) is 3. The number of amides is 1. The lowest BCUT2D eigenvalue weighted by atomic mass is 9.86. The average Bonchev–Trinajstić information content (AvgIpc) is 2.30. The van der Waals surface area contributed by atoms with Crippen molar-refractivity contribution in [3.8, 4) is 5.75 Å². The maximum absolute atomic E-state index is 11.9. The molecular weight excluding hydrogens is 270 g/mol. The van der Waals surface area contributed by atoms with Crippen LogP contribution in [0.2, 0.25) is 0 Å². The Kier molecular flexibility index (Phi) is 5.23. The molecule has 1 amide bonds. The number of benzene rings is 1. The molecule has 0 fully saturated rings. The summed E-state index contributed by atoms with van der Waals surface area (Å²) >= 11 is 0. The standard InChI is InChI=1S/C16H25NO4/c1-15(2,3)21-14(20)17-13-7-6-12(19)8-11(13)9-16(4,5)10-18/h6-8,18-19H,9-10H2,1-5H3,(H,17,20). The van der Waals surface area contributed by atoms with E-state index in [9.17, 15) is 15.0 Å². The summed E-state index contributed by atoms with van der Waals surface area (Å²) in [5, 5.41) is 21.7. The Morgan fingerprint density at radius 3 is 2.38 bits per heavy atom. The van der Waals surface area contributed by atoms with Gasteiger partial charge in [-0.05, 0) is 56.4 Å². The molecule has 0 saturated heterocycles. The number of anilines is 1. The molecule has 1 aromatic rings. The quantitative estimate of drug-likeness (QED) is 0.745. The largest absolute Gasteiger partial charge is 0.508 e. The van der Waals surface area contributed by atoms with Crippen LogP contribution in [0.5, 0.6) is 5.75 Å². The molecule has 5 heteroatoms. The third-order valence-corrected chi connectivity index (χ3v) is 2.82. The number of phenols is 1. The molecule has 0 aliphatic carbocycles. The van der Waals surface area contributed by atoms with Gasteiger partial charge in [0, 0.05) is 12.3 Å². The number of ether oxygens (including phenoxy) is 1. The van der Waals surface area contributed by atoms with Gasteiger partial charge in [-0.15, -0.1) is 0 Å². The number of carbonyl (C=O) groups is 1. The van der Waals surface area contributed by atoms with E-state index in [1.54, 1.807) is 32.9 Å². The van der Waals surface area contributed by atoms with E-state index in [2.05, 4.69) is 5.32 Å². The molecule has 0 aliphatic rings. The average molecular weight is 295 g/mol. The number of hydrogen-bond acceptors (Lipinski definition) is 4. The van der Waals surface area contributed by atoms with Gasteiger partial charge in [0.05, 0.1) is 0 Å². The van der Waals surface area contributed by atoms with Gasteiger partial charge in [-0.2, -0.15) is 0 Å². The molecule has 0 aromatic heterocycles. The van der Waals surface area contributed by atoms with Crippen LogP contribution in [0.4, 0.5) is 10.5 Å². The summed E-state index contributed by atoms with van der Waals surface area (Å²) in [6, 6.07) is 4.72. The molecule has 5 nitrogen and oxygen atoms in total. The summed E-state index contributed by atoms with van der Waals surface area (Å²) in [5.74, 6) is 0.119. The third kappa shape index (κ3) is 6.04. The molecule has 0 heterocycles. The Bertz CT molecular complexity index is 503. The fourth-order valence-corrected chi connectivity index (χ4v) is 1.83. The highest BCUT2D eigenvalue weighted by molar-refractivity contribution is 5.86. The molecule has 118 valence electrons. The van der Waals surface area contributed by atoms with Crippen molar-refractivity contribution in [2.24, 2.45) is 5.41 Å². The van der Waals surface area contributed by atoms with Crippen molar-refractivity contribution in [3.05, 3.63) is 23.8 Å². The van der Waals surface area contributed by atoms with E-state index in [0.29, 0.717) is 12.1 Å². The Hall–Kier alpha value is -1.75. The predicted octanol–water partition coefficient (Wildman–Crippen LogP) is 3.30. The van der Waals surface area contributed by atoms with Crippen molar-refractivity contribution in [3.63, 3.8) is 0 Å². The van der Waals surface area contributed by atoms with Crippen LogP contribution < -0.4 is 5.32 Å². The number of aliphatic hydroxyl groups excluding tert-OH is 1. The molecule has 0 spiro atoms. The Morgan fingerprint density at radius 2 is 1.86 bits per heavy atom. The van der Waals surface area contributed by atoms with Crippen molar-refractivity contribution >= 4 is 11.8 Å². The summed E-state index contributed by atoms with van der Waals surface area (Å²) in [4.78, 5) is 11.9. The highest BCUT2D eigenvalue weighted by Crippen LogP contribution is 2.29. The molecule has 0 bridgehead atoms. The predicted molar refractivity (Wildman–Crippen MR) is 82.5 cm³/mol. The fourth-order valence-electron chi connectivity index (χ4n) is 1.83. The van der Waals surface area contributed by atoms with E-state index in [0.717, 1.165) is 5.56 Å². The third-order valence-electron chi connectivity index (χ3n) is 2.82. The molecule has 1 rings (SSSR count). The van der Waals surface area contributed by atoms with E-state index in [1.807, 2.05) is 13.8 Å². The van der Waals surface area contributed by atoms with Crippen molar-refractivity contribution < 1.29 is 19.7 Å². The van der Waals surface area contributed by atoms with Crippen LogP contribution in [0.15, 0.2) is 18.2 Å². The monoisotopic (exact) mass is 295 g/mol. The molecule has 0 aliphatic heterocycles. The van der Waals surface area contributed by atoms with Crippen molar-refractivity contribution in [1.82, 2.24) is 0 Å². The van der Waals surface area contributed by atoms with Crippen LogP contribution in [-0.4, -0.2) is 28.5 Å². The maximum Gasteiger partial charge on any atom is 0.412 e. The molecule has 0 saturated carbocycles. The number of aliphatic hydroxyl groups is 1. The van der Waals surface area contributed by atoms with Crippen LogP contribution >= 0.6 is 0 Å². The van der Waals surface area contributed by atoms with E-state index in [1.165, 1.54) is 6.07 Å². The minimum Gasteiger partial charge on any atom is -0.508 e. The highest BCUT2D eigenvalue weighted by atomic mass is 16.6. The lowest BCUT2D eigenvalue weighted by Gasteiger charge is -2.24. The first-order chi connectivity index (χ1) is 9.52. The summed E-state index contributed by atoms with van der Waals surface area (Å²) in [6.07, 6.45) is -0.0282. The van der Waals surface area contributed by atoms with E-state index >= 15 is 0 Å². The second-order valence-electron chi connectivity index (χ2n) is 6.97. The van der Waals surface area contributed by atoms with Crippen LogP contribution in [0.25, 0.3) is 0 Å². The van der Waals surface area contributed by atoms with Gasteiger partial charge in [-0.25, -0.2) is 4.79 Å². The van der Waals surface area contributed by atoms with Crippen LogP contribution in [0.1, 0.15) is 40.2 Å². The van der Waals surface area contributed by atoms with Gasteiger partial charge in [0.15, 0.2) is 0 Å². The van der Waals surface area contributed by atoms with Crippen LogP contribution in [0, 0.1) is 5.41 Å². The van der Waals surface area contributed by atoms with Crippen molar-refractivity contribution in [2.45, 2.75) is 46.6 Å². The molecule has 3 N–H and O–H groups in total. The number of phenolic OH excluding ortho intramolecular Hbond substituents is 1.